The van der Waals surface area contributed by atoms with Crippen LogP contribution in [-0.2, 0) is 28.8 Å². The molecule has 0 aliphatic carbocycles. The maximum Gasteiger partial charge on any atom is 0.326 e. The molecule has 14 heteroatoms. The van der Waals surface area contributed by atoms with E-state index in [2.05, 4.69) is 16.0 Å². The lowest BCUT2D eigenvalue weighted by atomic mass is 9.98. The van der Waals surface area contributed by atoms with Crippen molar-refractivity contribution in [3.63, 3.8) is 0 Å². The number of carboxylic acids is 1. The molecule has 0 aliphatic rings. The van der Waals surface area contributed by atoms with Crippen LogP contribution in [0.15, 0.2) is 0 Å². The van der Waals surface area contributed by atoms with E-state index in [9.17, 15) is 33.9 Å². The third kappa shape index (κ3) is 11.2. The minimum Gasteiger partial charge on any atom is -0.480 e. The highest BCUT2D eigenvalue weighted by Crippen LogP contribution is 2.10. The highest BCUT2D eigenvalue weighted by atomic mass is 16.4. The van der Waals surface area contributed by atoms with Gasteiger partial charge in [0.1, 0.15) is 24.2 Å². The number of aliphatic carboxylic acids is 1. The van der Waals surface area contributed by atoms with E-state index in [1.807, 2.05) is 0 Å². The van der Waals surface area contributed by atoms with Gasteiger partial charge in [0, 0.05) is 12.8 Å². The molecule has 11 N–H and O–H groups in total. The molecule has 5 atom stereocenters. The summed E-state index contributed by atoms with van der Waals surface area (Å²) in [6.07, 6.45) is -0.624. The molecule has 0 aliphatic heterocycles. The molecule has 5 amide bonds. The van der Waals surface area contributed by atoms with Crippen LogP contribution in [0.2, 0.25) is 0 Å². The van der Waals surface area contributed by atoms with E-state index >= 15 is 0 Å². The van der Waals surface area contributed by atoms with Crippen LogP contribution in [0.1, 0.15) is 46.0 Å². The standard InChI is InChI=1S/C19H34N6O8/c1-3-9(2)15(19(32)33)25-18(31)12(5-7-14(22)28)24-17(30)11(4-6-13(21)27)23-16(29)10(20)8-26/h9-12,15,26H,3-8,20H2,1-2H3,(H2,21,27)(H2,22,28)(H,23,29)(H,24,30)(H,25,31)(H,32,33). The van der Waals surface area contributed by atoms with Gasteiger partial charge >= 0.3 is 5.97 Å². The fourth-order valence-corrected chi connectivity index (χ4v) is 2.68. The van der Waals surface area contributed by atoms with E-state index in [-0.39, 0.29) is 25.7 Å². The molecule has 0 aromatic heterocycles. The molecular weight excluding hydrogens is 440 g/mol. The zero-order chi connectivity index (χ0) is 25.7. The zero-order valence-corrected chi connectivity index (χ0v) is 18.7. The summed E-state index contributed by atoms with van der Waals surface area (Å²) in [4.78, 5) is 71.4. The number of amides is 5. The Morgan fingerprint density at radius 3 is 1.61 bits per heavy atom. The van der Waals surface area contributed by atoms with Gasteiger partial charge in [-0.2, -0.15) is 0 Å². The lowest BCUT2D eigenvalue weighted by Crippen LogP contribution is -2.58. The molecular formula is C19H34N6O8. The SMILES string of the molecule is CCC(C)C(NC(=O)C(CCC(N)=O)NC(=O)C(CCC(N)=O)NC(=O)C(N)CO)C(=O)O. The number of hydrogen-bond donors (Lipinski definition) is 8. The largest absolute Gasteiger partial charge is 0.480 e. The van der Waals surface area contributed by atoms with Crippen molar-refractivity contribution in [1.29, 1.82) is 0 Å². The van der Waals surface area contributed by atoms with Crippen LogP contribution < -0.4 is 33.2 Å². The molecule has 0 aromatic rings. The lowest BCUT2D eigenvalue weighted by Gasteiger charge is -2.26. The maximum absolute atomic E-state index is 12.8. The van der Waals surface area contributed by atoms with Gasteiger partial charge in [-0.15, -0.1) is 0 Å². The van der Waals surface area contributed by atoms with Crippen molar-refractivity contribution < 1.29 is 39.0 Å². The molecule has 0 radical (unpaired) electrons. The predicted octanol–water partition coefficient (Wildman–Crippen LogP) is -3.58. The second-order valence-electron chi connectivity index (χ2n) is 7.63. The first kappa shape index (κ1) is 29.7. The van der Waals surface area contributed by atoms with Gasteiger partial charge in [-0.1, -0.05) is 20.3 Å². The number of carbonyl (C=O) groups excluding carboxylic acids is 5. The van der Waals surface area contributed by atoms with Crippen LogP contribution >= 0.6 is 0 Å². The van der Waals surface area contributed by atoms with Crippen molar-refractivity contribution in [3.05, 3.63) is 0 Å². The molecule has 0 bridgehead atoms. The van der Waals surface area contributed by atoms with E-state index < -0.39 is 72.2 Å². The fourth-order valence-electron chi connectivity index (χ4n) is 2.68. The summed E-state index contributed by atoms with van der Waals surface area (Å²) >= 11 is 0. The normalized spacial score (nSPS) is 15.3. The van der Waals surface area contributed by atoms with Crippen molar-refractivity contribution >= 4 is 35.5 Å². The van der Waals surface area contributed by atoms with Gasteiger partial charge in [0.25, 0.3) is 0 Å². The third-order valence-corrected chi connectivity index (χ3v) is 4.94. The molecule has 0 saturated heterocycles. The number of nitrogens with two attached hydrogens (primary N) is 3. The molecule has 0 fully saturated rings. The van der Waals surface area contributed by atoms with Gasteiger partial charge in [-0.05, 0) is 18.8 Å². The Labute approximate surface area is 191 Å². The number of rotatable bonds is 16. The van der Waals surface area contributed by atoms with Crippen molar-refractivity contribution in [1.82, 2.24) is 16.0 Å². The van der Waals surface area contributed by atoms with Crippen LogP contribution in [-0.4, -0.2) is 76.5 Å². The molecule has 0 rings (SSSR count). The van der Waals surface area contributed by atoms with Crippen molar-refractivity contribution in [2.75, 3.05) is 6.61 Å². The highest BCUT2D eigenvalue weighted by molar-refractivity contribution is 5.94. The van der Waals surface area contributed by atoms with E-state index in [0.29, 0.717) is 6.42 Å². The number of aliphatic hydroxyl groups excluding tert-OH is 1. The number of primary amides is 2. The molecule has 14 nitrogen and oxygen atoms in total. The second kappa shape index (κ2) is 14.7. The van der Waals surface area contributed by atoms with Gasteiger partial charge in [-0.3, -0.25) is 24.0 Å². The van der Waals surface area contributed by atoms with Crippen molar-refractivity contribution in [2.24, 2.45) is 23.1 Å². The number of hydrogen-bond acceptors (Lipinski definition) is 8. The maximum atomic E-state index is 12.8. The Balaban J connectivity index is 5.63. The summed E-state index contributed by atoms with van der Waals surface area (Å²) in [5.74, 6) is -5.88. The van der Waals surface area contributed by atoms with Crippen LogP contribution in [0.3, 0.4) is 0 Å². The number of aliphatic hydroxyl groups is 1. The van der Waals surface area contributed by atoms with Gasteiger partial charge in [-0.25, -0.2) is 4.79 Å². The summed E-state index contributed by atoms with van der Waals surface area (Å²) in [7, 11) is 0. The van der Waals surface area contributed by atoms with Crippen LogP contribution in [0, 0.1) is 5.92 Å². The topological polar surface area (TPSA) is 257 Å². The molecule has 0 heterocycles. The second-order valence-corrected chi connectivity index (χ2v) is 7.63. The van der Waals surface area contributed by atoms with E-state index in [4.69, 9.17) is 22.3 Å². The Kier molecular flexibility index (Phi) is 13.3. The summed E-state index contributed by atoms with van der Waals surface area (Å²) in [6, 6.07) is -5.30. The van der Waals surface area contributed by atoms with Gasteiger partial charge in [0.05, 0.1) is 6.61 Å². The quantitative estimate of drug-likeness (QED) is 0.110. The summed E-state index contributed by atoms with van der Waals surface area (Å²) in [5.41, 5.74) is 15.6. The molecule has 5 unspecified atom stereocenters. The van der Waals surface area contributed by atoms with Gasteiger partial charge in [0.2, 0.25) is 29.5 Å². The Hall–Kier alpha value is -3.26. The lowest BCUT2D eigenvalue weighted by molar-refractivity contribution is -0.144. The van der Waals surface area contributed by atoms with Crippen LogP contribution in [0.5, 0.6) is 0 Å². The van der Waals surface area contributed by atoms with E-state index in [0.717, 1.165) is 0 Å². The molecule has 0 saturated carbocycles. The first-order chi connectivity index (χ1) is 15.3. The predicted molar refractivity (Wildman–Crippen MR) is 115 cm³/mol. The van der Waals surface area contributed by atoms with Crippen LogP contribution in [0.4, 0.5) is 0 Å². The van der Waals surface area contributed by atoms with E-state index in [1.54, 1.807) is 13.8 Å². The van der Waals surface area contributed by atoms with Gasteiger partial charge < -0.3 is 43.4 Å². The molecule has 0 spiro atoms. The minimum absolute atomic E-state index is 0.236. The Morgan fingerprint density at radius 1 is 0.818 bits per heavy atom. The number of carboxylic acid groups (broad SMARTS) is 1. The molecule has 188 valence electrons. The smallest absolute Gasteiger partial charge is 0.326 e. The first-order valence-electron chi connectivity index (χ1n) is 10.4. The minimum atomic E-state index is -1.37. The fraction of sp³-hybridized carbons (Fsp3) is 0.684. The molecule has 33 heavy (non-hydrogen) atoms. The number of carbonyl (C=O) groups is 6. The zero-order valence-electron chi connectivity index (χ0n) is 18.7. The summed E-state index contributed by atoms with van der Waals surface area (Å²) < 4.78 is 0. The highest BCUT2D eigenvalue weighted by Gasteiger charge is 2.32. The first-order valence-corrected chi connectivity index (χ1v) is 10.4. The van der Waals surface area contributed by atoms with Crippen molar-refractivity contribution in [2.45, 2.75) is 70.1 Å². The Morgan fingerprint density at radius 2 is 1.24 bits per heavy atom. The van der Waals surface area contributed by atoms with Gasteiger partial charge in [0.15, 0.2) is 0 Å². The molecule has 0 aromatic carbocycles. The summed E-state index contributed by atoms with van der Waals surface area (Å²) in [6.45, 7) is 2.66. The van der Waals surface area contributed by atoms with Crippen LogP contribution in [0.25, 0.3) is 0 Å². The Bertz CT molecular complexity index is 731. The number of nitrogens with one attached hydrogen (secondary N) is 3. The summed E-state index contributed by atoms with van der Waals surface area (Å²) in [5, 5.41) is 25.3. The third-order valence-electron chi connectivity index (χ3n) is 4.94. The average molecular weight is 475 g/mol. The van der Waals surface area contributed by atoms with E-state index in [1.165, 1.54) is 0 Å². The average Bonchev–Trinajstić information content (AvgIpc) is 2.75. The van der Waals surface area contributed by atoms with Crippen molar-refractivity contribution in [3.8, 4) is 0 Å². The monoisotopic (exact) mass is 474 g/mol.